The number of aromatic nitrogens is 1. The Morgan fingerprint density at radius 3 is 2.53 bits per heavy atom. The van der Waals surface area contributed by atoms with Crippen molar-refractivity contribution in [3.8, 4) is 0 Å². The maximum atomic E-state index is 5.86. The summed E-state index contributed by atoms with van der Waals surface area (Å²) in [6, 6.07) is 3.84. The second-order valence-electron chi connectivity index (χ2n) is 3.45. The molecule has 0 aliphatic rings. The van der Waals surface area contributed by atoms with Gasteiger partial charge in [0.2, 0.25) is 0 Å². The van der Waals surface area contributed by atoms with E-state index >= 15 is 0 Å². The molecule has 1 rings (SSSR count). The Bertz CT molecular complexity index is 391. The number of hydrogen-bond donors (Lipinski definition) is 1. The number of ether oxygens (including phenoxy) is 1. The second kappa shape index (κ2) is 4.64. The first-order valence-corrected chi connectivity index (χ1v) is 4.69. The van der Waals surface area contributed by atoms with E-state index in [1.54, 1.807) is 13.3 Å². The summed E-state index contributed by atoms with van der Waals surface area (Å²) in [6.07, 6.45) is 1.78. The van der Waals surface area contributed by atoms with Crippen molar-refractivity contribution in [3.05, 3.63) is 47.4 Å². The molecule has 0 unspecified atom stereocenters. The normalized spacial score (nSPS) is 11.9. The third-order valence-corrected chi connectivity index (χ3v) is 2.05. The van der Waals surface area contributed by atoms with Crippen molar-refractivity contribution in [2.75, 3.05) is 7.11 Å². The fourth-order valence-corrected chi connectivity index (χ4v) is 1.15. The molecular weight excluding hydrogens is 188 g/mol. The van der Waals surface area contributed by atoms with Crippen molar-refractivity contribution >= 4 is 5.76 Å². The molecule has 0 aliphatic heterocycles. The summed E-state index contributed by atoms with van der Waals surface area (Å²) in [5.41, 5.74) is 8.99. The minimum Gasteiger partial charge on any atom is -0.492 e. The van der Waals surface area contributed by atoms with Crippen LogP contribution in [0.5, 0.6) is 0 Å². The number of hydrogen-bond acceptors (Lipinski definition) is 3. The number of aryl methyl sites for hydroxylation is 1. The summed E-state index contributed by atoms with van der Waals surface area (Å²) >= 11 is 0. The maximum absolute atomic E-state index is 5.86. The van der Waals surface area contributed by atoms with Gasteiger partial charge in [-0.1, -0.05) is 12.6 Å². The lowest BCUT2D eigenvalue weighted by Crippen LogP contribution is -2.05. The van der Waals surface area contributed by atoms with Crippen LogP contribution in [0.2, 0.25) is 0 Å². The third-order valence-electron chi connectivity index (χ3n) is 2.05. The van der Waals surface area contributed by atoms with Gasteiger partial charge in [0, 0.05) is 6.20 Å². The van der Waals surface area contributed by atoms with E-state index in [1.807, 2.05) is 26.0 Å². The van der Waals surface area contributed by atoms with E-state index < -0.39 is 0 Å². The van der Waals surface area contributed by atoms with Crippen molar-refractivity contribution < 1.29 is 4.74 Å². The Hall–Kier alpha value is -1.77. The van der Waals surface area contributed by atoms with E-state index in [2.05, 4.69) is 11.6 Å². The van der Waals surface area contributed by atoms with Gasteiger partial charge in [-0.15, -0.1) is 0 Å². The molecule has 0 spiro atoms. The van der Waals surface area contributed by atoms with Crippen LogP contribution in [-0.4, -0.2) is 12.1 Å². The van der Waals surface area contributed by atoms with Gasteiger partial charge < -0.3 is 10.5 Å². The predicted molar refractivity (Wildman–Crippen MR) is 61.9 cm³/mol. The van der Waals surface area contributed by atoms with Crippen LogP contribution < -0.4 is 5.73 Å². The van der Waals surface area contributed by atoms with Crippen LogP contribution in [-0.2, 0) is 4.74 Å². The van der Waals surface area contributed by atoms with Crippen LogP contribution in [0.4, 0.5) is 0 Å². The highest BCUT2D eigenvalue weighted by atomic mass is 16.5. The summed E-state index contributed by atoms with van der Waals surface area (Å²) in [7, 11) is 1.58. The highest BCUT2D eigenvalue weighted by molar-refractivity contribution is 5.63. The molecule has 0 aromatic carbocycles. The van der Waals surface area contributed by atoms with Gasteiger partial charge in [0.05, 0.1) is 12.8 Å². The van der Waals surface area contributed by atoms with Gasteiger partial charge in [0.1, 0.15) is 5.69 Å². The first-order chi connectivity index (χ1) is 7.06. The van der Waals surface area contributed by atoms with Crippen LogP contribution in [0.15, 0.2) is 36.2 Å². The van der Waals surface area contributed by atoms with E-state index in [1.165, 1.54) is 0 Å². The molecular formula is C12H16N2O. The zero-order valence-corrected chi connectivity index (χ0v) is 9.37. The van der Waals surface area contributed by atoms with Crippen LogP contribution >= 0.6 is 0 Å². The first-order valence-electron chi connectivity index (χ1n) is 4.69. The monoisotopic (exact) mass is 204 g/mol. The average molecular weight is 204 g/mol. The lowest BCUT2D eigenvalue weighted by Gasteiger charge is -2.10. The van der Waals surface area contributed by atoms with E-state index in [0.717, 1.165) is 16.8 Å². The topological polar surface area (TPSA) is 48.1 Å². The van der Waals surface area contributed by atoms with Gasteiger partial charge in [-0.25, -0.2) is 0 Å². The van der Waals surface area contributed by atoms with Gasteiger partial charge in [0.15, 0.2) is 5.76 Å². The van der Waals surface area contributed by atoms with Crippen molar-refractivity contribution in [2.45, 2.75) is 13.8 Å². The van der Waals surface area contributed by atoms with Crippen molar-refractivity contribution in [1.82, 2.24) is 4.98 Å². The molecule has 3 nitrogen and oxygen atoms in total. The molecule has 1 heterocycles. The van der Waals surface area contributed by atoms with Crippen LogP contribution in [0.3, 0.4) is 0 Å². The second-order valence-corrected chi connectivity index (χ2v) is 3.45. The minimum atomic E-state index is 0.536. The predicted octanol–water partition coefficient (Wildman–Crippen LogP) is 2.24. The Kier molecular flexibility index (Phi) is 3.50. The van der Waals surface area contributed by atoms with Gasteiger partial charge in [-0.2, -0.15) is 0 Å². The molecule has 3 heteroatoms. The van der Waals surface area contributed by atoms with E-state index in [9.17, 15) is 0 Å². The standard InChI is InChI=1S/C12H16N2O/c1-8(2)11(13)12(15-4)10-6-5-9(3)7-14-10/h5-7H,1,13H2,2-4H3/b12-11+. The zero-order chi connectivity index (χ0) is 11.4. The zero-order valence-electron chi connectivity index (χ0n) is 9.37. The van der Waals surface area contributed by atoms with Crippen molar-refractivity contribution in [3.63, 3.8) is 0 Å². The number of rotatable bonds is 3. The summed E-state index contributed by atoms with van der Waals surface area (Å²) < 4.78 is 5.23. The van der Waals surface area contributed by atoms with Crippen LogP contribution in [0, 0.1) is 6.92 Å². The average Bonchev–Trinajstić information content (AvgIpc) is 2.21. The molecule has 1 aromatic heterocycles. The number of methoxy groups -OCH3 is 1. The molecule has 0 amide bonds. The third kappa shape index (κ3) is 2.59. The molecule has 15 heavy (non-hydrogen) atoms. The summed E-state index contributed by atoms with van der Waals surface area (Å²) in [5, 5.41) is 0. The minimum absolute atomic E-state index is 0.536. The van der Waals surface area contributed by atoms with E-state index in [4.69, 9.17) is 10.5 Å². The van der Waals surface area contributed by atoms with Crippen molar-refractivity contribution in [1.29, 1.82) is 0 Å². The van der Waals surface area contributed by atoms with Gasteiger partial charge >= 0.3 is 0 Å². The Morgan fingerprint density at radius 1 is 1.47 bits per heavy atom. The molecule has 0 aliphatic carbocycles. The highest BCUT2D eigenvalue weighted by Gasteiger charge is 2.08. The van der Waals surface area contributed by atoms with Crippen LogP contribution in [0.1, 0.15) is 18.2 Å². The molecule has 0 bridgehead atoms. The Balaban J connectivity index is 3.19. The van der Waals surface area contributed by atoms with Crippen molar-refractivity contribution in [2.24, 2.45) is 5.73 Å². The highest BCUT2D eigenvalue weighted by Crippen LogP contribution is 2.18. The number of allylic oxidation sites excluding steroid dienone is 1. The fourth-order valence-electron chi connectivity index (χ4n) is 1.15. The molecule has 2 N–H and O–H groups in total. The van der Waals surface area contributed by atoms with Crippen LogP contribution in [0.25, 0.3) is 5.76 Å². The Labute approximate surface area is 90.3 Å². The summed E-state index contributed by atoms with van der Waals surface area (Å²) in [5.74, 6) is 0.572. The molecule has 0 saturated carbocycles. The lowest BCUT2D eigenvalue weighted by molar-refractivity contribution is 0.365. The fraction of sp³-hybridized carbons (Fsp3) is 0.250. The molecule has 0 radical (unpaired) electrons. The van der Waals surface area contributed by atoms with E-state index in [-0.39, 0.29) is 0 Å². The van der Waals surface area contributed by atoms with Gasteiger partial charge in [-0.3, -0.25) is 4.98 Å². The first kappa shape index (κ1) is 11.3. The molecule has 0 saturated heterocycles. The molecule has 80 valence electrons. The lowest BCUT2D eigenvalue weighted by atomic mass is 10.1. The summed E-state index contributed by atoms with van der Waals surface area (Å²) in [4.78, 5) is 4.25. The summed E-state index contributed by atoms with van der Waals surface area (Å²) in [6.45, 7) is 7.59. The smallest absolute Gasteiger partial charge is 0.167 e. The SMILES string of the molecule is C=C(C)/C(N)=C(\OC)c1ccc(C)cn1. The van der Waals surface area contributed by atoms with E-state index in [0.29, 0.717) is 11.5 Å². The largest absolute Gasteiger partial charge is 0.492 e. The maximum Gasteiger partial charge on any atom is 0.167 e. The van der Waals surface area contributed by atoms with Gasteiger partial charge in [0.25, 0.3) is 0 Å². The number of nitrogens with two attached hydrogens (primary N) is 1. The Morgan fingerprint density at radius 2 is 2.13 bits per heavy atom. The number of pyridine rings is 1. The quantitative estimate of drug-likeness (QED) is 0.606. The number of nitrogens with zero attached hydrogens (tertiary/aromatic N) is 1. The molecule has 0 atom stereocenters. The van der Waals surface area contributed by atoms with Gasteiger partial charge in [-0.05, 0) is 31.1 Å². The molecule has 1 aromatic rings. The molecule has 0 fully saturated rings.